The standard InChI is InChI=1S/C17H16N2O2S3/c1-20-14-8-9-15(21-2)12(10-14)11-23-16-18-19(17(22)24-16)13-6-4-3-5-7-13/h3-10H,11H2,1-2H3. The van der Waals surface area contributed by atoms with Gasteiger partial charge in [-0.2, -0.15) is 0 Å². The summed E-state index contributed by atoms with van der Waals surface area (Å²) in [4.78, 5) is 0. The minimum atomic E-state index is 0.734. The molecule has 0 saturated carbocycles. The van der Waals surface area contributed by atoms with Crippen molar-refractivity contribution in [3.05, 3.63) is 58.0 Å². The van der Waals surface area contributed by atoms with E-state index in [1.165, 1.54) is 11.3 Å². The maximum atomic E-state index is 5.43. The molecule has 0 spiro atoms. The summed E-state index contributed by atoms with van der Waals surface area (Å²) in [5.74, 6) is 2.39. The van der Waals surface area contributed by atoms with E-state index in [2.05, 4.69) is 5.10 Å². The molecule has 0 atom stereocenters. The smallest absolute Gasteiger partial charge is 0.184 e. The lowest BCUT2D eigenvalue weighted by atomic mass is 10.2. The maximum absolute atomic E-state index is 5.43. The number of benzene rings is 2. The Hall–Kier alpha value is -1.83. The van der Waals surface area contributed by atoms with Crippen molar-refractivity contribution >= 4 is 35.3 Å². The number of ether oxygens (including phenoxy) is 2. The number of para-hydroxylation sites is 1. The Balaban J connectivity index is 1.80. The number of methoxy groups -OCH3 is 2. The van der Waals surface area contributed by atoms with Crippen molar-refractivity contribution in [2.24, 2.45) is 0 Å². The van der Waals surface area contributed by atoms with Gasteiger partial charge in [0.25, 0.3) is 0 Å². The van der Waals surface area contributed by atoms with E-state index in [1.54, 1.807) is 30.7 Å². The summed E-state index contributed by atoms with van der Waals surface area (Å²) in [7, 11) is 3.33. The molecule has 1 heterocycles. The normalized spacial score (nSPS) is 10.6. The molecular formula is C17H16N2O2S3. The Morgan fingerprint density at radius 2 is 1.92 bits per heavy atom. The van der Waals surface area contributed by atoms with Crippen LogP contribution in [0.2, 0.25) is 0 Å². The molecule has 3 aromatic rings. The van der Waals surface area contributed by atoms with Crippen molar-refractivity contribution in [3.63, 3.8) is 0 Å². The van der Waals surface area contributed by atoms with E-state index in [4.69, 9.17) is 21.7 Å². The first-order chi connectivity index (χ1) is 11.7. The Labute approximate surface area is 154 Å². The minimum Gasteiger partial charge on any atom is -0.497 e. The van der Waals surface area contributed by atoms with Gasteiger partial charge in [0, 0.05) is 11.3 Å². The van der Waals surface area contributed by atoms with Crippen molar-refractivity contribution in [3.8, 4) is 17.2 Å². The fourth-order valence-electron chi connectivity index (χ4n) is 2.19. The highest BCUT2D eigenvalue weighted by molar-refractivity contribution is 8.00. The van der Waals surface area contributed by atoms with Gasteiger partial charge in [0.1, 0.15) is 11.5 Å². The predicted molar refractivity (Wildman–Crippen MR) is 101 cm³/mol. The van der Waals surface area contributed by atoms with Crippen LogP contribution in [-0.2, 0) is 5.75 Å². The van der Waals surface area contributed by atoms with Gasteiger partial charge in [0.2, 0.25) is 0 Å². The number of rotatable bonds is 6. The number of aromatic nitrogens is 2. The molecule has 0 unspecified atom stereocenters. The van der Waals surface area contributed by atoms with Crippen LogP contribution in [0.3, 0.4) is 0 Å². The Bertz CT molecular complexity index is 875. The van der Waals surface area contributed by atoms with Gasteiger partial charge in [0.05, 0.1) is 19.9 Å². The fourth-order valence-corrected chi connectivity index (χ4v) is 4.52. The highest BCUT2D eigenvalue weighted by Crippen LogP contribution is 2.32. The third-order valence-electron chi connectivity index (χ3n) is 3.37. The molecule has 0 amide bonds. The van der Waals surface area contributed by atoms with Gasteiger partial charge in [-0.05, 0) is 42.5 Å². The van der Waals surface area contributed by atoms with Gasteiger partial charge >= 0.3 is 0 Å². The number of thioether (sulfide) groups is 1. The molecule has 0 aliphatic carbocycles. The lowest BCUT2D eigenvalue weighted by Crippen LogP contribution is -1.96. The van der Waals surface area contributed by atoms with Gasteiger partial charge < -0.3 is 9.47 Å². The Morgan fingerprint density at radius 1 is 1.12 bits per heavy atom. The number of hydrogen-bond donors (Lipinski definition) is 0. The van der Waals surface area contributed by atoms with Gasteiger partial charge in [-0.1, -0.05) is 41.3 Å². The van der Waals surface area contributed by atoms with Crippen LogP contribution in [0, 0.1) is 3.95 Å². The first-order valence-corrected chi connectivity index (χ1v) is 9.41. The zero-order chi connectivity index (χ0) is 16.9. The Kier molecular flexibility index (Phi) is 5.55. The highest BCUT2D eigenvalue weighted by Gasteiger charge is 2.10. The molecule has 0 aliphatic rings. The predicted octanol–water partition coefficient (Wildman–Crippen LogP) is 4.97. The molecule has 3 rings (SSSR count). The molecule has 0 saturated heterocycles. The van der Waals surface area contributed by atoms with Crippen LogP contribution in [0.25, 0.3) is 5.69 Å². The van der Waals surface area contributed by atoms with E-state index in [0.717, 1.165) is 36.8 Å². The monoisotopic (exact) mass is 376 g/mol. The molecule has 4 nitrogen and oxygen atoms in total. The lowest BCUT2D eigenvalue weighted by Gasteiger charge is -2.09. The number of hydrogen-bond acceptors (Lipinski definition) is 6. The van der Waals surface area contributed by atoms with Gasteiger partial charge in [0.15, 0.2) is 8.29 Å². The zero-order valence-electron chi connectivity index (χ0n) is 13.3. The van der Waals surface area contributed by atoms with Crippen LogP contribution in [0.15, 0.2) is 52.9 Å². The van der Waals surface area contributed by atoms with Gasteiger partial charge in [-0.3, -0.25) is 0 Å². The van der Waals surface area contributed by atoms with Crippen LogP contribution in [0.4, 0.5) is 0 Å². The molecule has 7 heteroatoms. The molecule has 24 heavy (non-hydrogen) atoms. The molecule has 0 N–H and O–H groups in total. The number of nitrogens with zero attached hydrogens (tertiary/aromatic N) is 2. The molecular weight excluding hydrogens is 360 g/mol. The molecule has 0 radical (unpaired) electrons. The van der Waals surface area contributed by atoms with E-state index in [-0.39, 0.29) is 0 Å². The topological polar surface area (TPSA) is 36.3 Å². The quantitative estimate of drug-likeness (QED) is 0.448. The van der Waals surface area contributed by atoms with Crippen molar-refractivity contribution < 1.29 is 9.47 Å². The highest BCUT2D eigenvalue weighted by atomic mass is 32.2. The van der Waals surface area contributed by atoms with Crippen LogP contribution in [0.5, 0.6) is 11.5 Å². The van der Waals surface area contributed by atoms with Crippen LogP contribution >= 0.6 is 35.3 Å². The van der Waals surface area contributed by atoms with E-state index in [0.29, 0.717) is 0 Å². The van der Waals surface area contributed by atoms with Crippen molar-refractivity contribution in [1.29, 1.82) is 0 Å². The third-order valence-corrected chi connectivity index (χ3v) is 5.78. The van der Waals surface area contributed by atoms with E-state index in [1.807, 2.05) is 48.5 Å². The lowest BCUT2D eigenvalue weighted by molar-refractivity contribution is 0.400. The first kappa shape index (κ1) is 17.0. The second-order valence-electron chi connectivity index (χ2n) is 4.85. The summed E-state index contributed by atoms with van der Waals surface area (Å²) in [6.45, 7) is 0. The van der Waals surface area contributed by atoms with Crippen molar-refractivity contribution in [2.75, 3.05) is 14.2 Å². The molecule has 1 aromatic heterocycles. The van der Waals surface area contributed by atoms with Gasteiger partial charge in [-0.25, -0.2) is 4.68 Å². The van der Waals surface area contributed by atoms with E-state index < -0.39 is 0 Å². The molecule has 0 fully saturated rings. The molecule has 124 valence electrons. The maximum Gasteiger partial charge on any atom is 0.184 e. The molecule has 0 aliphatic heterocycles. The summed E-state index contributed by atoms with van der Waals surface area (Å²) in [5.41, 5.74) is 2.04. The zero-order valence-corrected chi connectivity index (χ0v) is 15.7. The van der Waals surface area contributed by atoms with E-state index in [9.17, 15) is 0 Å². The summed E-state index contributed by atoms with van der Waals surface area (Å²) >= 11 is 8.58. The van der Waals surface area contributed by atoms with Crippen LogP contribution < -0.4 is 9.47 Å². The average molecular weight is 377 g/mol. The van der Waals surface area contributed by atoms with Crippen LogP contribution in [-0.4, -0.2) is 24.0 Å². The second-order valence-corrected chi connectivity index (χ2v) is 7.69. The molecule has 0 bridgehead atoms. The average Bonchev–Trinajstić information content (AvgIpc) is 3.01. The fraction of sp³-hybridized carbons (Fsp3) is 0.176. The largest absolute Gasteiger partial charge is 0.497 e. The summed E-state index contributed by atoms with van der Waals surface area (Å²) < 4.78 is 14.2. The Morgan fingerprint density at radius 3 is 2.62 bits per heavy atom. The van der Waals surface area contributed by atoms with E-state index >= 15 is 0 Å². The summed E-state index contributed by atoms with van der Waals surface area (Å²) in [6.07, 6.45) is 0. The summed E-state index contributed by atoms with van der Waals surface area (Å²) in [5, 5.41) is 4.62. The van der Waals surface area contributed by atoms with Crippen LogP contribution in [0.1, 0.15) is 5.56 Å². The first-order valence-electron chi connectivity index (χ1n) is 7.20. The minimum absolute atomic E-state index is 0.734. The molecule has 2 aromatic carbocycles. The van der Waals surface area contributed by atoms with Crippen molar-refractivity contribution in [1.82, 2.24) is 9.78 Å². The third kappa shape index (κ3) is 3.80. The van der Waals surface area contributed by atoms with Crippen molar-refractivity contribution in [2.45, 2.75) is 10.1 Å². The second kappa shape index (κ2) is 7.83. The summed E-state index contributed by atoms with van der Waals surface area (Å²) in [6, 6.07) is 15.7. The SMILES string of the molecule is COc1ccc(OC)c(CSc2nn(-c3ccccc3)c(=S)s2)c1. The van der Waals surface area contributed by atoms with Gasteiger partial charge in [-0.15, -0.1) is 5.10 Å².